The SMILES string of the molecule is CC(Sc1ccc(NC(=O)c2ccc(F)cc2)cc1)C(=O)Nc1ccc(F)cc1. The molecule has 0 fully saturated rings. The minimum Gasteiger partial charge on any atom is -0.325 e. The second-order valence-corrected chi connectivity index (χ2v) is 7.66. The average Bonchev–Trinajstić information content (AvgIpc) is 2.71. The fraction of sp³-hybridized carbons (Fsp3) is 0.0909. The molecule has 0 saturated heterocycles. The molecule has 0 aliphatic rings. The van der Waals surface area contributed by atoms with Gasteiger partial charge in [-0.25, -0.2) is 8.78 Å². The Morgan fingerprint density at radius 2 is 1.24 bits per heavy atom. The van der Waals surface area contributed by atoms with Crippen LogP contribution in [0.4, 0.5) is 20.2 Å². The van der Waals surface area contributed by atoms with Gasteiger partial charge in [0.05, 0.1) is 5.25 Å². The van der Waals surface area contributed by atoms with E-state index in [-0.39, 0.29) is 22.9 Å². The van der Waals surface area contributed by atoms with Crippen LogP contribution in [0.15, 0.2) is 77.7 Å². The van der Waals surface area contributed by atoms with E-state index in [4.69, 9.17) is 0 Å². The van der Waals surface area contributed by atoms with Gasteiger partial charge in [0.2, 0.25) is 5.91 Å². The van der Waals surface area contributed by atoms with Crippen molar-refractivity contribution in [3.05, 3.63) is 90.0 Å². The molecule has 3 aromatic carbocycles. The van der Waals surface area contributed by atoms with E-state index >= 15 is 0 Å². The Morgan fingerprint density at radius 1 is 0.759 bits per heavy atom. The van der Waals surface area contributed by atoms with Gasteiger partial charge in [0.1, 0.15) is 11.6 Å². The van der Waals surface area contributed by atoms with Crippen LogP contribution in [-0.4, -0.2) is 17.1 Å². The molecule has 0 aliphatic heterocycles. The van der Waals surface area contributed by atoms with Gasteiger partial charge in [-0.3, -0.25) is 9.59 Å². The molecule has 3 aromatic rings. The first-order valence-electron chi connectivity index (χ1n) is 8.81. The van der Waals surface area contributed by atoms with E-state index in [0.29, 0.717) is 16.9 Å². The minimum atomic E-state index is -0.402. The monoisotopic (exact) mass is 412 g/mol. The number of amides is 2. The third-order valence-corrected chi connectivity index (χ3v) is 5.12. The Kier molecular flexibility index (Phi) is 6.61. The van der Waals surface area contributed by atoms with Crippen LogP contribution in [0.5, 0.6) is 0 Å². The molecule has 0 heterocycles. The molecule has 29 heavy (non-hydrogen) atoms. The number of hydrogen-bond acceptors (Lipinski definition) is 3. The summed E-state index contributed by atoms with van der Waals surface area (Å²) in [6.07, 6.45) is 0. The molecular formula is C22H18F2N2O2S. The number of carbonyl (C=O) groups is 2. The topological polar surface area (TPSA) is 58.2 Å². The van der Waals surface area contributed by atoms with Gasteiger partial charge in [0.15, 0.2) is 0 Å². The molecule has 0 aliphatic carbocycles. The lowest BCUT2D eigenvalue weighted by atomic mass is 10.2. The normalized spacial score (nSPS) is 11.6. The third kappa shape index (κ3) is 5.89. The molecule has 1 atom stereocenters. The smallest absolute Gasteiger partial charge is 0.255 e. The maximum Gasteiger partial charge on any atom is 0.255 e. The lowest BCUT2D eigenvalue weighted by Crippen LogP contribution is -2.22. The van der Waals surface area contributed by atoms with Crippen LogP contribution in [0.25, 0.3) is 0 Å². The van der Waals surface area contributed by atoms with Crippen LogP contribution >= 0.6 is 11.8 Å². The van der Waals surface area contributed by atoms with Gasteiger partial charge in [-0.05, 0) is 79.7 Å². The quantitative estimate of drug-likeness (QED) is 0.538. The molecular weight excluding hydrogens is 394 g/mol. The van der Waals surface area contributed by atoms with E-state index in [1.807, 2.05) is 0 Å². The molecule has 2 amide bonds. The predicted molar refractivity (Wildman–Crippen MR) is 111 cm³/mol. The van der Waals surface area contributed by atoms with E-state index < -0.39 is 5.82 Å². The zero-order valence-corrected chi connectivity index (χ0v) is 16.3. The van der Waals surface area contributed by atoms with Crippen molar-refractivity contribution in [2.75, 3.05) is 10.6 Å². The van der Waals surface area contributed by atoms with Gasteiger partial charge in [0.25, 0.3) is 5.91 Å². The summed E-state index contributed by atoms with van der Waals surface area (Å²) >= 11 is 1.36. The highest BCUT2D eigenvalue weighted by Gasteiger charge is 2.15. The largest absolute Gasteiger partial charge is 0.325 e. The van der Waals surface area contributed by atoms with Crippen molar-refractivity contribution in [2.45, 2.75) is 17.1 Å². The number of rotatable bonds is 6. The Labute approximate surface area is 171 Å². The van der Waals surface area contributed by atoms with E-state index in [1.54, 1.807) is 31.2 Å². The summed E-state index contributed by atoms with van der Waals surface area (Å²) in [5.74, 6) is -1.30. The number of carbonyl (C=O) groups excluding carboxylic acids is 2. The number of nitrogens with one attached hydrogen (secondary N) is 2. The third-order valence-electron chi connectivity index (χ3n) is 4.01. The van der Waals surface area contributed by atoms with Crippen molar-refractivity contribution in [3.63, 3.8) is 0 Å². The summed E-state index contributed by atoms with van der Waals surface area (Å²) in [5.41, 5.74) is 1.48. The van der Waals surface area contributed by atoms with Crippen LogP contribution < -0.4 is 10.6 Å². The highest BCUT2D eigenvalue weighted by atomic mass is 32.2. The zero-order valence-electron chi connectivity index (χ0n) is 15.5. The molecule has 7 heteroatoms. The molecule has 0 radical (unpaired) electrons. The molecule has 1 unspecified atom stereocenters. The van der Waals surface area contributed by atoms with Gasteiger partial charge in [-0.15, -0.1) is 11.8 Å². The summed E-state index contributed by atoms with van der Waals surface area (Å²) in [6.45, 7) is 1.77. The highest BCUT2D eigenvalue weighted by Crippen LogP contribution is 2.26. The van der Waals surface area contributed by atoms with Crippen LogP contribution in [-0.2, 0) is 4.79 Å². The van der Waals surface area contributed by atoms with Gasteiger partial charge >= 0.3 is 0 Å². The number of hydrogen-bond donors (Lipinski definition) is 2. The molecule has 148 valence electrons. The summed E-state index contributed by atoms with van der Waals surface area (Å²) in [6, 6.07) is 17.9. The van der Waals surface area contributed by atoms with E-state index in [2.05, 4.69) is 10.6 Å². The van der Waals surface area contributed by atoms with Crippen LogP contribution in [0.3, 0.4) is 0 Å². The molecule has 0 spiro atoms. The van der Waals surface area contributed by atoms with Gasteiger partial charge in [0, 0.05) is 21.8 Å². The summed E-state index contributed by atoms with van der Waals surface area (Å²) in [5, 5.41) is 5.10. The zero-order chi connectivity index (χ0) is 20.8. The molecule has 2 N–H and O–H groups in total. The first-order chi connectivity index (χ1) is 13.9. The second-order valence-electron chi connectivity index (χ2n) is 6.24. The minimum absolute atomic E-state index is 0.199. The highest BCUT2D eigenvalue weighted by molar-refractivity contribution is 8.00. The van der Waals surface area contributed by atoms with Crippen LogP contribution in [0.2, 0.25) is 0 Å². The molecule has 4 nitrogen and oxygen atoms in total. The van der Waals surface area contributed by atoms with Gasteiger partial charge in [-0.1, -0.05) is 0 Å². The number of halogens is 2. The van der Waals surface area contributed by atoms with E-state index in [0.717, 1.165) is 4.90 Å². The first kappa shape index (κ1) is 20.5. The fourth-order valence-corrected chi connectivity index (χ4v) is 3.32. The van der Waals surface area contributed by atoms with Crippen molar-refractivity contribution in [1.82, 2.24) is 0 Å². The van der Waals surface area contributed by atoms with E-state index in [1.165, 1.54) is 60.3 Å². The fourth-order valence-electron chi connectivity index (χ4n) is 2.46. The number of anilines is 2. The number of benzene rings is 3. The molecule has 3 rings (SSSR count). The lowest BCUT2D eigenvalue weighted by molar-refractivity contribution is -0.115. The van der Waals surface area contributed by atoms with Gasteiger partial charge < -0.3 is 10.6 Å². The second kappa shape index (κ2) is 9.34. The van der Waals surface area contributed by atoms with E-state index in [9.17, 15) is 18.4 Å². The van der Waals surface area contributed by atoms with Crippen molar-refractivity contribution in [3.8, 4) is 0 Å². The van der Waals surface area contributed by atoms with Crippen molar-refractivity contribution >= 4 is 35.0 Å². The maximum absolute atomic E-state index is 12.9. The van der Waals surface area contributed by atoms with Crippen molar-refractivity contribution in [2.24, 2.45) is 0 Å². The van der Waals surface area contributed by atoms with Gasteiger partial charge in [-0.2, -0.15) is 0 Å². The van der Waals surface area contributed by atoms with Crippen molar-refractivity contribution in [1.29, 1.82) is 0 Å². The van der Waals surface area contributed by atoms with Crippen LogP contribution in [0.1, 0.15) is 17.3 Å². The van der Waals surface area contributed by atoms with Crippen LogP contribution in [0, 0.1) is 11.6 Å². The summed E-state index contributed by atoms with van der Waals surface area (Å²) in [4.78, 5) is 25.3. The Balaban J connectivity index is 1.55. The Bertz CT molecular complexity index is 991. The van der Waals surface area contributed by atoms with Crippen molar-refractivity contribution < 1.29 is 18.4 Å². The first-order valence-corrected chi connectivity index (χ1v) is 9.69. The molecule has 0 saturated carbocycles. The Morgan fingerprint density at radius 3 is 1.83 bits per heavy atom. The standard InChI is InChI=1S/C22H18F2N2O2S/c1-14(21(27)25-18-8-6-17(24)7-9-18)29-20-12-10-19(11-13-20)26-22(28)15-2-4-16(23)5-3-15/h2-14H,1H3,(H,25,27)(H,26,28). The summed E-state index contributed by atoms with van der Waals surface area (Å²) < 4.78 is 25.9. The average molecular weight is 412 g/mol. The molecule has 0 bridgehead atoms. The predicted octanol–water partition coefficient (Wildman–Crippen LogP) is 5.34. The maximum atomic E-state index is 12.9. The Hall–Kier alpha value is -3.19. The molecule has 0 aromatic heterocycles. The lowest BCUT2D eigenvalue weighted by Gasteiger charge is -2.12. The summed E-state index contributed by atoms with van der Waals surface area (Å²) in [7, 11) is 0. The number of thioether (sulfide) groups is 1.